The average Bonchev–Trinajstić information content (AvgIpc) is 1.90. The molecule has 0 aliphatic heterocycles. The molecule has 0 saturated carbocycles. The second-order valence-electron chi connectivity index (χ2n) is 1.64. The van der Waals surface area contributed by atoms with Gasteiger partial charge in [0, 0.05) is 26.2 Å². The van der Waals surface area contributed by atoms with E-state index in [9.17, 15) is 0 Å². The Kier molecular flexibility index (Phi) is 5.18. The summed E-state index contributed by atoms with van der Waals surface area (Å²) in [5.74, 6) is 0.834. The molecule has 0 heterocycles. The first-order chi connectivity index (χ1) is 3.93. The molecule has 0 amide bonds. The van der Waals surface area contributed by atoms with E-state index >= 15 is 0 Å². The summed E-state index contributed by atoms with van der Waals surface area (Å²) in [5, 5.41) is 0. The van der Waals surface area contributed by atoms with Gasteiger partial charge in [0.25, 0.3) is 0 Å². The third-order valence-electron chi connectivity index (χ3n) is 1.03. The fourth-order valence-corrected chi connectivity index (χ4v) is 0.794. The van der Waals surface area contributed by atoms with Crippen LogP contribution >= 0.6 is 12.6 Å². The zero-order valence-corrected chi connectivity index (χ0v) is 7.31. The van der Waals surface area contributed by atoms with Gasteiger partial charge in [-0.15, -0.1) is 0 Å². The minimum absolute atomic E-state index is 0. The minimum atomic E-state index is 0. The van der Waals surface area contributed by atoms with Gasteiger partial charge in [0.1, 0.15) is 0 Å². The molecule has 0 unspecified atom stereocenters. The number of rotatable bonds is 1. The van der Waals surface area contributed by atoms with Gasteiger partial charge in [0.2, 0.25) is 0 Å². The van der Waals surface area contributed by atoms with Crippen LogP contribution in [-0.2, 0) is 26.2 Å². The Morgan fingerprint density at radius 1 is 1.11 bits per heavy atom. The van der Waals surface area contributed by atoms with Crippen molar-refractivity contribution in [1.82, 2.24) is 0 Å². The molecule has 0 radical (unpaired) electrons. The largest absolute Gasteiger partial charge is 0.175 e. The van der Waals surface area contributed by atoms with Crippen LogP contribution in [0.4, 0.5) is 0 Å². The van der Waals surface area contributed by atoms with Crippen LogP contribution in [0.2, 0.25) is 0 Å². The van der Waals surface area contributed by atoms with Crippen molar-refractivity contribution in [3.63, 3.8) is 0 Å². The fraction of sp³-hybridized carbons (Fsp3) is 0.143. The van der Waals surface area contributed by atoms with Gasteiger partial charge in [-0.05, 0) is 5.56 Å². The molecular formula is C7H8PdS. The van der Waals surface area contributed by atoms with E-state index in [2.05, 4.69) is 24.8 Å². The first-order valence-electron chi connectivity index (χ1n) is 2.58. The molecule has 1 aromatic rings. The Hall–Kier alpha value is 0.232. The molecule has 52 valence electrons. The third-order valence-corrected chi connectivity index (χ3v) is 1.39. The second kappa shape index (κ2) is 5.05. The van der Waals surface area contributed by atoms with Gasteiger partial charge < -0.3 is 0 Å². The summed E-state index contributed by atoms with van der Waals surface area (Å²) in [6.45, 7) is 0. The van der Waals surface area contributed by atoms with Crippen molar-refractivity contribution in [2.45, 2.75) is 5.75 Å². The van der Waals surface area contributed by atoms with Gasteiger partial charge in [-0.1, -0.05) is 30.3 Å². The van der Waals surface area contributed by atoms with Crippen LogP contribution in [0.3, 0.4) is 0 Å². The molecule has 2 heteroatoms. The summed E-state index contributed by atoms with van der Waals surface area (Å²) < 4.78 is 0. The Morgan fingerprint density at radius 2 is 1.67 bits per heavy atom. The SMILES string of the molecule is SCc1ccccc1.[Pd]. The zero-order chi connectivity index (χ0) is 5.82. The van der Waals surface area contributed by atoms with Crippen molar-refractivity contribution in [2.75, 3.05) is 0 Å². The van der Waals surface area contributed by atoms with E-state index in [1.807, 2.05) is 18.2 Å². The predicted molar refractivity (Wildman–Crippen MR) is 39.1 cm³/mol. The van der Waals surface area contributed by atoms with Crippen LogP contribution in [0.1, 0.15) is 5.56 Å². The first-order valence-corrected chi connectivity index (χ1v) is 3.21. The predicted octanol–water partition coefficient (Wildman–Crippen LogP) is 2.11. The summed E-state index contributed by atoms with van der Waals surface area (Å²) in [7, 11) is 0. The van der Waals surface area contributed by atoms with E-state index in [-0.39, 0.29) is 20.4 Å². The van der Waals surface area contributed by atoms with Crippen LogP contribution in [0.25, 0.3) is 0 Å². The summed E-state index contributed by atoms with van der Waals surface area (Å²) in [6, 6.07) is 10.2. The zero-order valence-electron chi connectivity index (χ0n) is 4.86. The average molecular weight is 231 g/mol. The summed E-state index contributed by atoms with van der Waals surface area (Å²) >= 11 is 4.11. The summed E-state index contributed by atoms with van der Waals surface area (Å²) in [6.07, 6.45) is 0. The topological polar surface area (TPSA) is 0 Å². The van der Waals surface area contributed by atoms with Crippen molar-refractivity contribution in [3.8, 4) is 0 Å². The molecule has 0 aromatic heterocycles. The number of hydrogen-bond donors (Lipinski definition) is 1. The van der Waals surface area contributed by atoms with E-state index in [1.54, 1.807) is 0 Å². The first kappa shape index (κ1) is 9.23. The molecule has 9 heavy (non-hydrogen) atoms. The van der Waals surface area contributed by atoms with E-state index in [4.69, 9.17) is 0 Å². The Bertz CT molecular complexity index is 150. The monoisotopic (exact) mass is 230 g/mol. The maximum Gasteiger partial charge on any atom is 0.0154 e. The molecule has 1 aromatic carbocycles. The number of benzene rings is 1. The van der Waals surface area contributed by atoms with Crippen molar-refractivity contribution < 1.29 is 20.4 Å². The molecule has 0 aliphatic rings. The van der Waals surface area contributed by atoms with Crippen molar-refractivity contribution in [3.05, 3.63) is 35.9 Å². The van der Waals surface area contributed by atoms with Crippen LogP contribution in [0, 0.1) is 0 Å². The number of thiol groups is 1. The van der Waals surface area contributed by atoms with Gasteiger partial charge in [0.15, 0.2) is 0 Å². The Labute approximate surface area is 74.7 Å². The van der Waals surface area contributed by atoms with Gasteiger partial charge in [0.05, 0.1) is 0 Å². The van der Waals surface area contributed by atoms with Crippen molar-refractivity contribution >= 4 is 12.6 Å². The summed E-state index contributed by atoms with van der Waals surface area (Å²) in [5.41, 5.74) is 1.27. The smallest absolute Gasteiger partial charge is 0.0154 e. The van der Waals surface area contributed by atoms with Gasteiger partial charge >= 0.3 is 0 Å². The van der Waals surface area contributed by atoms with Crippen molar-refractivity contribution in [1.29, 1.82) is 0 Å². The quantitative estimate of drug-likeness (QED) is 0.555. The van der Waals surface area contributed by atoms with Crippen LogP contribution < -0.4 is 0 Å². The molecular weight excluding hydrogens is 223 g/mol. The molecule has 0 fully saturated rings. The van der Waals surface area contributed by atoms with E-state index in [0.717, 1.165) is 5.75 Å². The fourth-order valence-electron chi connectivity index (χ4n) is 0.583. The Morgan fingerprint density at radius 3 is 2.00 bits per heavy atom. The molecule has 0 atom stereocenters. The molecule has 0 bridgehead atoms. The van der Waals surface area contributed by atoms with Crippen LogP contribution in [-0.4, -0.2) is 0 Å². The molecule has 0 saturated heterocycles. The minimum Gasteiger partial charge on any atom is -0.175 e. The third kappa shape index (κ3) is 3.05. The van der Waals surface area contributed by atoms with Crippen molar-refractivity contribution in [2.24, 2.45) is 0 Å². The normalized spacial score (nSPS) is 8.11. The maximum atomic E-state index is 4.11. The molecule has 0 aliphatic carbocycles. The summed E-state index contributed by atoms with van der Waals surface area (Å²) in [4.78, 5) is 0. The maximum absolute atomic E-state index is 4.11. The van der Waals surface area contributed by atoms with E-state index in [0.29, 0.717) is 0 Å². The van der Waals surface area contributed by atoms with Crippen LogP contribution in [0.15, 0.2) is 30.3 Å². The van der Waals surface area contributed by atoms with Crippen LogP contribution in [0.5, 0.6) is 0 Å². The van der Waals surface area contributed by atoms with Gasteiger partial charge in [-0.25, -0.2) is 0 Å². The number of hydrogen-bond acceptors (Lipinski definition) is 1. The van der Waals surface area contributed by atoms with Gasteiger partial charge in [-0.2, -0.15) is 12.6 Å². The van der Waals surface area contributed by atoms with Gasteiger partial charge in [-0.3, -0.25) is 0 Å². The standard InChI is InChI=1S/C7H8S.Pd/c8-6-7-4-2-1-3-5-7;/h1-5,8H,6H2;. The Balaban J connectivity index is 0.000000640. The molecule has 1 rings (SSSR count). The molecule has 0 N–H and O–H groups in total. The van der Waals surface area contributed by atoms with E-state index < -0.39 is 0 Å². The molecule has 0 nitrogen and oxygen atoms in total. The molecule has 0 spiro atoms. The second-order valence-corrected chi connectivity index (χ2v) is 1.96. The van der Waals surface area contributed by atoms with E-state index in [1.165, 1.54) is 5.56 Å².